The van der Waals surface area contributed by atoms with Crippen LogP contribution in [0.25, 0.3) is 0 Å². The van der Waals surface area contributed by atoms with E-state index in [1.165, 1.54) is 0 Å². The van der Waals surface area contributed by atoms with E-state index in [2.05, 4.69) is 10.6 Å². The van der Waals surface area contributed by atoms with Gasteiger partial charge in [0.2, 0.25) is 11.8 Å². The Labute approximate surface area is 140 Å². The lowest BCUT2D eigenvalue weighted by Gasteiger charge is -2.15. The van der Waals surface area contributed by atoms with Gasteiger partial charge in [-0.2, -0.15) is 0 Å². The number of ether oxygens (including phenoxy) is 1. The molecule has 6 heteroatoms. The highest BCUT2D eigenvalue weighted by atomic mass is 16.5. The highest BCUT2D eigenvalue weighted by Gasteiger charge is 2.56. The highest BCUT2D eigenvalue weighted by molar-refractivity contribution is 6.13. The van der Waals surface area contributed by atoms with E-state index in [0.29, 0.717) is 30.9 Å². The van der Waals surface area contributed by atoms with E-state index in [1.54, 1.807) is 42.7 Å². The van der Waals surface area contributed by atoms with Crippen LogP contribution in [0.4, 0.5) is 5.69 Å². The molecular weight excluding hydrogens is 308 g/mol. The van der Waals surface area contributed by atoms with Gasteiger partial charge in [-0.1, -0.05) is 0 Å². The first-order valence-electron chi connectivity index (χ1n) is 7.99. The van der Waals surface area contributed by atoms with Crippen molar-refractivity contribution >= 4 is 17.5 Å². The summed E-state index contributed by atoms with van der Waals surface area (Å²) >= 11 is 0. The third-order valence-corrected chi connectivity index (χ3v) is 4.05. The fraction of sp³-hybridized carbons (Fsp3) is 0.333. The van der Waals surface area contributed by atoms with E-state index in [1.807, 2.05) is 6.92 Å². The lowest BCUT2D eigenvalue weighted by atomic mass is 10.0. The van der Waals surface area contributed by atoms with Crippen LogP contribution in [0.2, 0.25) is 0 Å². The second-order valence-corrected chi connectivity index (χ2v) is 5.76. The second-order valence-electron chi connectivity index (χ2n) is 5.76. The molecule has 24 heavy (non-hydrogen) atoms. The van der Waals surface area contributed by atoms with Gasteiger partial charge < -0.3 is 19.8 Å². The molecule has 1 saturated carbocycles. The summed E-state index contributed by atoms with van der Waals surface area (Å²) in [6.07, 6.45) is 2.66. The summed E-state index contributed by atoms with van der Waals surface area (Å²) in [4.78, 5) is 24.8. The third kappa shape index (κ3) is 3.42. The lowest BCUT2D eigenvalue weighted by molar-refractivity contribution is -0.134. The maximum Gasteiger partial charge on any atom is 0.240 e. The highest BCUT2D eigenvalue weighted by Crippen LogP contribution is 2.47. The predicted molar refractivity (Wildman–Crippen MR) is 88.5 cm³/mol. The average molecular weight is 328 g/mol. The van der Waals surface area contributed by atoms with Gasteiger partial charge in [0.25, 0.3) is 0 Å². The Morgan fingerprint density at radius 3 is 2.50 bits per heavy atom. The summed E-state index contributed by atoms with van der Waals surface area (Å²) in [7, 11) is 0. The van der Waals surface area contributed by atoms with Gasteiger partial charge in [-0.25, -0.2) is 0 Å². The van der Waals surface area contributed by atoms with Crippen LogP contribution in [-0.4, -0.2) is 18.4 Å². The fourth-order valence-electron chi connectivity index (χ4n) is 2.48. The number of furan rings is 1. The van der Waals surface area contributed by atoms with Crippen LogP contribution in [0, 0.1) is 5.41 Å². The minimum absolute atomic E-state index is 0.262. The van der Waals surface area contributed by atoms with Crippen molar-refractivity contribution in [3.8, 4) is 5.75 Å². The van der Waals surface area contributed by atoms with E-state index in [9.17, 15) is 9.59 Å². The number of rotatable bonds is 7. The van der Waals surface area contributed by atoms with Crippen LogP contribution in [0.5, 0.6) is 5.75 Å². The summed E-state index contributed by atoms with van der Waals surface area (Å²) in [5.41, 5.74) is -0.320. The average Bonchev–Trinajstić information content (AvgIpc) is 3.24. The van der Waals surface area contributed by atoms with E-state index in [0.717, 1.165) is 5.75 Å². The number of anilines is 1. The molecule has 1 aromatic carbocycles. The van der Waals surface area contributed by atoms with E-state index in [4.69, 9.17) is 9.15 Å². The molecule has 0 bridgehead atoms. The van der Waals surface area contributed by atoms with E-state index < -0.39 is 5.41 Å². The molecule has 1 aromatic heterocycles. The van der Waals surface area contributed by atoms with Crippen molar-refractivity contribution in [1.82, 2.24) is 5.32 Å². The predicted octanol–water partition coefficient (Wildman–Crippen LogP) is 2.71. The Kier molecular flexibility index (Phi) is 4.55. The molecule has 1 fully saturated rings. The molecule has 0 unspecified atom stereocenters. The Morgan fingerprint density at radius 2 is 1.92 bits per heavy atom. The number of carbonyl (C=O) groups is 2. The Morgan fingerprint density at radius 1 is 1.17 bits per heavy atom. The van der Waals surface area contributed by atoms with Crippen molar-refractivity contribution in [1.29, 1.82) is 0 Å². The summed E-state index contributed by atoms with van der Waals surface area (Å²) in [6.45, 7) is 2.78. The Balaban J connectivity index is 1.58. The first-order chi connectivity index (χ1) is 11.6. The van der Waals surface area contributed by atoms with Gasteiger partial charge in [-0.3, -0.25) is 9.59 Å². The zero-order valence-corrected chi connectivity index (χ0v) is 13.5. The molecular formula is C18H20N2O4. The van der Waals surface area contributed by atoms with Crippen LogP contribution >= 0.6 is 0 Å². The number of amides is 2. The number of carbonyl (C=O) groups excluding carboxylic acids is 2. The molecule has 0 radical (unpaired) electrons. The summed E-state index contributed by atoms with van der Waals surface area (Å²) in [5, 5.41) is 5.58. The van der Waals surface area contributed by atoms with Gasteiger partial charge in [-0.15, -0.1) is 0 Å². The van der Waals surface area contributed by atoms with Gasteiger partial charge in [0.05, 0.1) is 19.4 Å². The number of benzene rings is 1. The van der Waals surface area contributed by atoms with Gasteiger partial charge in [0.15, 0.2) is 0 Å². The second kappa shape index (κ2) is 6.78. The summed E-state index contributed by atoms with van der Waals surface area (Å²) < 4.78 is 10.5. The molecule has 0 aliphatic heterocycles. The van der Waals surface area contributed by atoms with Gasteiger partial charge >= 0.3 is 0 Å². The van der Waals surface area contributed by atoms with Crippen LogP contribution in [-0.2, 0) is 16.1 Å². The summed E-state index contributed by atoms with van der Waals surface area (Å²) in [6, 6.07) is 10.6. The normalized spacial score (nSPS) is 14.7. The van der Waals surface area contributed by atoms with Crippen molar-refractivity contribution in [3.05, 3.63) is 48.4 Å². The zero-order chi connectivity index (χ0) is 17.0. The standard InChI is InChI=1S/C18H20N2O4/c1-2-23-14-7-5-13(6-8-14)20-17(22)18(9-10-18)16(21)19-12-15-4-3-11-24-15/h3-8,11H,2,9-10,12H2,1H3,(H,19,21)(H,20,22). The maximum absolute atomic E-state index is 12.5. The van der Waals surface area contributed by atoms with Crippen molar-refractivity contribution in [3.63, 3.8) is 0 Å². The largest absolute Gasteiger partial charge is 0.494 e. The van der Waals surface area contributed by atoms with Gasteiger partial charge in [-0.05, 0) is 56.2 Å². The fourth-order valence-corrected chi connectivity index (χ4v) is 2.48. The van der Waals surface area contributed by atoms with Crippen LogP contribution in [0.1, 0.15) is 25.5 Å². The molecule has 2 amide bonds. The lowest BCUT2D eigenvalue weighted by Crippen LogP contribution is -2.39. The minimum atomic E-state index is -0.967. The van der Waals surface area contributed by atoms with E-state index in [-0.39, 0.29) is 18.4 Å². The third-order valence-electron chi connectivity index (χ3n) is 4.05. The quantitative estimate of drug-likeness (QED) is 0.766. The number of hydrogen-bond donors (Lipinski definition) is 2. The first kappa shape index (κ1) is 16.1. The van der Waals surface area contributed by atoms with Crippen molar-refractivity contribution in [2.75, 3.05) is 11.9 Å². The number of hydrogen-bond acceptors (Lipinski definition) is 4. The monoisotopic (exact) mass is 328 g/mol. The molecule has 1 heterocycles. The molecule has 0 saturated heterocycles. The molecule has 1 aliphatic rings. The molecule has 126 valence electrons. The number of nitrogens with one attached hydrogen (secondary N) is 2. The van der Waals surface area contributed by atoms with E-state index >= 15 is 0 Å². The molecule has 0 spiro atoms. The molecule has 6 nitrogen and oxygen atoms in total. The van der Waals surface area contributed by atoms with Crippen LogP contribution < -0.4 is 15.4 Å². The summed E-state index contributed by atoms with van der Waals surface area (Å²) in [5.74, 6) is 0.866. The molecule has 2 aromatic rings. The smallest absolute Gasteiger partial charge is 0.240 e. The van der Waals surface area contributed by atoms with Gasteiger partial charge in [0, 0.05) is 5.69 Å². The van der Waals surface area contributed by atoms with Crippen molar-refractivity contribution in [2.24, 2.45) is 5.41 Å². The SMILES string of the molecule is CCOc1ccc(NC(=O)C2(C(=O)NCc3ccco3)CC2)cc1. The topological polar surface area (TPSA) is 80.6 Å². The minimum Gasteiger partial charge on any atom is -0.494 e. The molecule has 3 rings (SSSR count). The van der Waals surface area contributed by atoms with Crippen LogP contribution in [0.15, 0.2) is 47.1 Å². The van der Waals surface area contributed by atoms with Crippen molar-refractivity contribution in [2.45, 2.75) is 26.3 Å². The zero-order valence-electron chi connectivity index (χ0n) is 13.5. The Hall–Kier alpha value is -2.76. The molecule has 0 atom stereocenters. The molecule has 2 N–H and O–H groups in total. The van der Waals surface area contributed by atoms with Crippen molar-refractivity contribution < 1.29 is 18.7 Å². The Bertz CT molecular complexity index is 703. The maximum atomic E-state index is 12.5. The molecule has 1 aliphatic carbocycles. The first-order valence-corrected chi connectivity index (χ1v) is 7.99. The van der Waals surface area contributed by atoms with Gasteiger partial charge in [0.1, 0.15) is 16.9 Å². The van der Waals surface area contributed by atoms with Crippen LogP contribution in [0.3, 0.4) is 0 Å².